The molecule has 0 aromatic heterocycles. The van der Waals surface area contributed by atoms with E-state index in [-0.39, 0.29) is 17.7 Å². The Morgan fingerprint density at radius 3 is 2.36 bits per heavy atom. The number of hydrogen-bond acceptors (Lipinski definition) is 3. The van der Waals surface area contributed by atoms with Crippen LogP contribution in [-0.2, 0) is 11.3 Å². The van der Waals surface area contributed by atoms with Crippen molar-refractivity contribution in [3.63, 3.8) is 0 Å². The van der Waals surface area contributed by atoms with Crippen LogP contribution in [0.1, 0.15) is 55.5 Å². The van der Waals surface area contributed by atoms with Crippen LogP contribution in [0, 0.1) is 5.92 Å². The Morgan fingerprint density at radius 2 is 1.84 bits per heavy atom. The molecule has 2 amide bonds. The van der Waals surface area contributed by atoms with Crippen molar-refractivity contribution in [3.05, 3.63) is 35.4 Å². The van der Waals surface area contributed by atoms with Crippen molar-refractivity contribution in [1.82, 2.24) is 9.80 Å². The lowest BCUT2D eigenvalue weighted by Crippen LogP contribution is -2.53. The number of benzene rings is 1. The third-order valence-electron chi connectivity index (χ3n) is 5.23. The van der Waals surface area contributed by atoms with Gasteiger partial charge in [0.25, 0.3) is 5.91 Å². The van der Waals surface area contributed by atoms with Crippen molar-refractivity contribution in [3.8, 4) is 0 Å². The molecule has 0 spiro atoms. The van der Waals surface area contributed by atoms with E-state index in [1.807, 2.05) is 43.0 Å². The maximum absolute atomic E-state index is 13.0. The third kappa shape index (κ3) is 4.60. The number of nitrogens with zero attached hydrogens (tertiary/aromatic N) is 2. The van der Waals surface area contributed by atoms with E-state index < -0.39 is 5.54 Å². The first-order chi connectivity index (χ1) is 11.8. The number of amides is 2. The molecule has 1 aliphatic rings. The molecule has 138 valence electrons. The first-order valence-corrected chi connectivity index (χ1v) is 9.14. The van der Waals surface area contributed by atoms with E-state index in [9.17, 15) is 9.59 Å². The van der Waals surface area contributed by atoms with Crippen LogP contribution < -0.4 is 5.73 Å². The summed E-state index contributed by atoms with van der Waals surface area (Å²) in [4.78, 5) is 28.4. The molecule has 1 fully saturated rings. The maximum atomic E-state index is 13.0. The Kier molecular flexibility index (Phi) is 6.22. The van der Waals surface area contributed by atoms with E-state index in [1.165, 1.54) is 0 Å². The molecular weight excluding hydrogens is 314 g/mol. The Bertz CT molecular complexity index is 608. The van der Waals surface area contributed by atoms with Crippen LogP contribution in [-0.4, -0.2) is 47.8 Å². The number of carbonyl (C=O) groups excluding carboxylic acids is 2. The third-order valence-corrected chi connectivity index (χ3v) is 5.23. The molecule has 0 saturated heterocycles. The minimum absolute atomic E-state index is 0.0175. The summed E-state index contributed by atoms with van der Waals surface area (Å²) >= 11 is 0. The molecular formula is C20H31N3O2. The molecule has 1 saturated carbocycles. The predicted octanol–water partition coefficient (Wildman–Crippen LogP) is 2.64. The molecule has 2 rings (SSSR count). The van der Waals surface area contributed by atoms with Gasteiger partial charge in [-0.25, -0.2) is 0 Å². The summed E-state index contributed by atoms with van der Waals surface area (Å²) in [6, 6.07) is 7.50. The zero-order valence-corrected chi connectivity index (χ0v) is 15.9. The molecule has 5 heteroatoms. The van der Waals surface area contributed by atoms with Crippen LogP contribution in [0.4, 0.5) is 0 Å². The fourth-order valence-electron chi connectivity index (χ4n) is 3.56. The summed E-state index contributed by atoms with van der Waals surface area (Å²) in [6.45, 7) is 5.21. The molecule has 1 aromatic rings. The number of carbonyl (C=O) groups is 2. The van der Waals surface area contributed by atoms with Gasteiger partial charge in [0.2, 0.25) is 5.91 Å². The number of hydrogen-bond donors (Lipinski definition) is 1. The highest BCUT2D eigenvalue weighted by Crippen LogP contribution is 2.33. The largest absolute Gasteiger partial charge is 0.345 e. The second-order valence-corrected chi connectivity index (χ2v) is 7.55. The van der Waals surface area contributed by atoms with Gasteiger partial charge in [0, 0.05) is 38.3 Å². The standard InChI is InChI=1S/C20H31N3O2/c1-5-23(19(25)17-8-6-7-13-20(17,2)21)14-15-9-11-16(12-10-15)18(24)22(3)4/h9-12,17H,5-8,13-14,21H2,1-4H3. The molecule has 1 aromatic carbocycles. The van der Waals surface area contributed by atoms with Gasteiger partial charge in [0.05, 0.1) is 5.92 Å². The highest BCUT2D eigenvalue weighted by Gasteiger charge is 2.39. The van der Waals surface area contributed by atoms with Crippen molar-refractivity contribution >= 4 is 11.8 Å². The lowest BCUT2D eigenvalue weighted by Gasteiger charge is -2.39. The van der Waals surface area contributed by atoms with Gasteiger partial charge in [0.15, 0.2) is 0 Å². The Morgan fingerprint density at radius 1 is 1.20 bits per heavy atom. The second-order valence-electron chi connectivity index (χ2n) is 7.55. The van der Waals surface area contributed by atoms with Gasteiger partial charge in [-0.05, 0) is 44.4 Å². The van der Waals surface area contributed by atoms with Gasteiger partial charge in [-0.15, -0.1) is 0 Å². The predicted molar refractivity (Wildman–Crippen MR) is 100 cm³/mol. The van der Waals surface area contributed by atoms with E-state index in [1.54, 1.807) is 19.0 Å². The molecule has 0 bridgehead atoms. The average Bonchev–Trinajstić information content (AvgIpc) is 2.58. The smallest absolute Gasteiger partial charge is 0.253 e. The highest BCUT2D eigenvalue weighted by atomic mass is 16.2. The van der Waals surface area contributed by atoms with Crippen molar-refractivity contribution in [2.45, 2.75) is 51.6 Å². The Labute approximate surface area is 151 Å². The molecule has 5 nitrogen and oxygen atoms in total. The number of rotatable bonds is 5. The summed E-state index contributed by atoms with van der Waals surface area (Å²) in [7, 11) is 3.48. The zero-order valence-electron chi connectivity index (χ0n) is 15.9. The molecule has 1 aliphatic carbocycles. The van der Waals surface area contributed by atoms with Crippen molar-refractivity contribution in [2.24, 2.45) is 11.7 Å². The van der Waals surface area contributed by atoms with Gasteiger partial charge in [-0.3, -0.25) is 9.59 Å². The lowest BCUT2D eigenvalue weighted by molar-refractivity contribution is -0.139. The minimum Gasteiger partial charge on any atom is -0.345 e. The van der Waals surface area contributed by atoms with Crippen LogP contribution in [0.15, 0.2) is 24.3 Å². The molecule has 2 unspecified atom stereocenters. The maximum Gasteiger partial charge on any atom is 0.253 e. The monoisotopic (exact) mass is 345 g/mol. The number of nitrogens with two attached hydrogens (primary N) is 1. The van der Waals surface area contributed by atoms with Crippen molar-refractivity contribution < 1.29 is 9.59 Å². The van der Waals surface area contributed by atoms with Crippen molar-refractivity contribution in [2.75, 3.05) is 20.6 Å². The molecule has 2 N–H and O–H groups in total. The zero-order chi connectivity index (χ0) is 18.6. The van der Waals surface area contributed by atoms with E-state index in [4.69, 9.17) is 5.73 Å². The average molecular weight is 345 g/mol. The second kappa shape index (κ2) is 8.00. The van der Waals surface area contributed by atoms with Crippen LogP contribution >= 0.6 is 0 Å². The topological polar surface area (TPSA) is 66.6 Å². The molecule has 0 aliphatic heterocycles. The Balaban J connectivity index is 2.08. The van der Waals surface area contributed by atoms with Crippen LogP contribution in [0.2, 0.25) is 0 Å². The first kappa shape index (κ1) is 19.4. The van der Waals surface area contributed by atoms with E-state index in [0.29, 0.717) is 18.7 Å². The van der Waals surface area contributed by atoms with Gasteiger partial charge in [0.1, 0.15) is 0 Å². The van der Waals surface area contributed by atoms with Gasteiger partial charge >= 0.3 is 0 Å². The summed E-state index contributed by atoms with van der Waals surface area (Å²) in [5.41, 5.74) is 7.67. The fraction of sp³-hybridized carbons (Fsp3) is 0.600. The van der Waals surface area contributed by atoms with Crippen LogP contribution in [0.25, 0.3) is 0 Å². The summed E-state index contributed by atoms with van der Waals surface area (Å²) in [5, 5.41) is 0. The van der Waals surface area contributed by atoms with Crippen LogP contribution in [0.5, 0.6) is 0 Å². The fourth-order valence-corrected chi connectivity index (χ4v) is 3.56. The summed E-state index contributed by atoms with van der Waals surface area (Å²) in [6.07, 6.45) is 3.95. The Hall–Kier alpha value is -1.88. The van der Waals surface area contributed by atoms with Gasteiger partial charge < -0.3 is 15.5 Å². The van der Waals surface area contributed by atoms with Crippen LogP contribution in [0.3, 0.4) is 0 Å². The van der Waals surface area contributed by atoms with E-state index in [2.05, 4.69) is 0 Å². The summed E-state index contributed by atoms with van der Waals surface area (Å²) in [5.74, 6) is 0.0347. The van der Waals surface area contributed by atoms with Gasteiger partial charge in [-0.1, -0.05) is 25.0 Å². The molecule has 0 heterocycles. The quantitative estimate of drug-likeness (QED) is 0.892. The van der Waals surface area contributed by atoms with Crippen molar-refractivity contribution in [1.29, 1.82) is 0 Å². The highest BCUT2D eigenvalue weighted by molar-refractivity contribution is 5.93. The van der Waals surface area contributed by atoms with Gasteiger partial charge in [-0.2, -0.15) is 0 Å². The van der Waals surface area contributed by atoms with E-state index in [0.717, 1.165) is 31.2 Å². The van der Waals surface area contributed by atoms with E-state index >= 15 is 0 Å². The molecule has 25 heavy (non-hydrogen) atoms. The SMILES string of the molecule is CCN(Cc1ccc(C(=O)N(C)C)cc1)C(=O)C1CCCCC1(C)N. The first-order valence-electron chi connectivity index (χ1n) is 9.14. The summed E-state index contributed by atoms with van der Waals surface area (Å²) < 4.78 is 0. The minimum atomic E-state index is -0.412. The lowest BCUT2D eigenvalue weighted by atomic mass is 9.74. The molecule has 2 atom stereocenters. The normalized spacial score (nSPS) is 23.2. The molecule has 0 radical (unpaired) electrons.